The Labute approximate surface area is 95.4 Å². The van der Waals surface area contributed by atoms with Crippen LogP contribution in [0.1, 0.15) is 23.6 Å². The fourth-order valence-electron chi connectivity index (χ4n) is 1.33. The topological polar surface area (TPSA) is 46.5 Å². The summed E-state index contributed by atoms with van der Waals surface area (Å²) >= 11 is 0. The van der Waals surface area contributed by atoms with Gasteiger partial charge in [-0.15, -0.1) is 0 Å². The summed E-state index contributed by atoms with van der Waals surface area (Å²) in [6, 6.07) is 5.79. The van der Waals surface area contributed by atoms with E-state index in [1.54, 1.807) is 6.92 Å². The number of benzene rings is 1. The first-order valence-corrected chi connectivity index (χ1v) is 5.19. The molecular weight excluding hydrogens is 204 g/mol. The lowest BCUT2D eigenvalue weighted by Gasteiger charge is -2.05. The molecular formula is C13H16O3. The number of carboxylic acids is 1. The molecule has 1 aromatic rings. The molecule has 0 aliphatic heterocycles. The van der Waals surface area contributed by atoms with E-state index in [0.29, 0.717) is 6.61 Å². The molecule has 0 saturated heterocycles. The van der Waals surface area contributed by atoms with Crippen LogP contribution < -0.4 is 0 Å². The Hall–Kier alpha value is -1.77. The van der Waals surface area contributed by atoms with Gasteiger partial charge in [-0.2, -0.15) is 0 Å². The van der Waals surface area contributed by atoms with E-state index < -0.39 is 5.97 Å². The molecule has 3 heteroatoms. The zero-order valence-electron chi connectivity index (χ0n) is 9.78. The first kappa shape index (κ1) is 12.3. The lowest BCUT2D eigenvalue weighted by atomic mass is 10.1. The Kier molecular flexibility index (Phi) is 4.11. The van der Waals surface area contributed by atoms with Crippen LogP contribution in [0.4, 0.5) is 0 Å². The second-order valence-electron chi connectivity index (χ2n) is 3.59. The van der Waals surface area contributed by atoms with E-state index in [9.17, 15) is 4.79 Å². The Morgan fingerprint density at radius 2 is 2.06 bits per heavy atom. The normalized spacial score (nSPS) is 11.3. The predicted octanol–water partition coefficient (Wildman–Crippen LogP) is 2.77. The molecule has 0 spiro atoms. The molecule has 3 nitrogen and oxygen atoms in total. The third-order valence-corrected chi connectivity index (χ3v) is 2.34. The van der Waals surface area contributed by atoms with E-state index in [4.69, 9.17) is 9.84 Å². The summed E-state index contributed by atoms with van der Waals surface area (Å²) in [6.07, 6.45) is 1.54. The van der Waals surface area contributed by atoms with Crippen LogP contribution in [0.15, 0.2) is 24.0 Å². The number of rotatable bonds is 4. The molecule has 16 heavy (non-hydrogen) atoms. The quantitative estimate of drug-likeness (QED) is 0.627. The molecule has 0 heterocycles. The monoisotopic (exact) mass is 220 g/mol. The van der Waals surface area contributed by atoms with E-state index in [-0.39, 0.29) is 5.76 Å². The standard InChI is InChI=1S/C13H16O3/c1-4-16-12(13(14)15)8-11-6-5-9(2)10(3)7-11/h5-8H,4H2,1-3H3,(H,14,15). The number of hydrogen-bond donors (Lipinski definition) is 1. The fourth-order valence-corrected chi connectivity index (χ4v) is 1.33. The van der Waals surface area contributed by atoms with Crippen LogP contribution in [-0.4, -0.2) is 17.7 Å². The van der Waals surface area contributed by atoms with Gasteiger partial charge in [0.1, 0.15) is 0 Å². The van der Waals surface area contributed by atoms with Gasteiger partial charge in [0.2, 0.25) is 5.76 Å². The van der Waals surface area contributed by atoms with Gasteiger partial charge >= 0.3 is 5.97 Å². The van der Waals surface area contributed by atoms with Crippen LogP contribution in [0.25, 0.3) is 6.08 Å². The van der Waals surface area contributed by atoms with Crippen LogP contribution in [0, 0.1) is 13.8 Å². The zero-order valence-corrected chi connectivity index (χ0v) is 9.78. The van der Waals surface area contributed by atoms with Gasteiger partial charge in [0, 0.05) is 0 Å². The lowest BCUT2D eigenvalue weighted by molar-refractivity contribution is -0.136. The van der Waals surface area contributed by atoms with Gasteiger partial charge in [-0.1, -0.05) is 18.2 Å². The van der Waals surface area contributed by atoms with Crippen molar-refractivity contribution in [1.29, 1.82) is 0 Å². The van der Waals surface area contributed by atoms with Crippen LogP contribution >= 0.6 is 0 Å². The molecule has 1 rings (SSSR count). The minimum absolute atomic E-state index is 0.0225. The number of aliphatic carboxylic acids is 1. The third-order valence-electron chi connectivity index (χ3n) is 2.34. The van der Waals surface area contributed by atoms with Crippen molar-refractivity contribution in [1.82, 2.24) is 0 Å². The molecule has 1 N–H and O–H groups in total. The van der Waals surface area contributed by atoms with Crippen molar-refractivity contribution in [3.05, 3.63) is 40.6 Å². The summed E-state index contributed by atoms with van der Waals surface area (Å²) in [5, 5.41) is 8.90. The van der Waals surface area contributed by atoms with Crippen molar-refractivity contribution in [3.8, 4) is 0 Å². The third kappa shape index (κ3) is 3.12. The lowest BCUT2D eigenvalue weighted by Crippen LogP contribution is -2.04. The molecule has 86 valence electrons. The molecule has 0 aliphatic carbocycles. The summed E-state index contributed by atoms with van der Waals surface area (Å²) in [5.41, 5.74) is 3.16. The zero-order chi connectivity index (χ0) is 12.1. The van der Waals surface area contributed by atoms with Gasteiger partial charge in [0.15, 0.2) is 0 Å². The van der Waals surface area contributed by atoms with E-state index >= 15 is 0 Å². The van der Waals surface area contributed by atoms with Crippen LogP contribution in [0.5, 0.6) is 0 Å². The van der Waals surface area contributed by atoms with Gasteiger partial charge in [-0.25, -0.2) is 4.79 Å². The molecule has 0 atom stereocenters. The van der Waals surface area contributed by atoms with E-state index in [2.05, 4.69) is 0 Å². The summed E-state index contributed by atoms with van der Waals surface area (Å²) < 4.78 is 5.04. The molecule has 0 amide bonds. The maximum Gasteiger partial charge on any atom is 0.371 e. The minimum Gasteiger partial charge on any atom is -0.487 e. The Bertz CT molecular complexity index is 419. The van der Waals surface area contributed by atoms with Crippen molar-refractivity contribution >= 4 is 12.0 Å². The molecule has 0 aromatic heterocycles. The highest BCUT2D eigenvalue weighted by Crippen LogP contribution is 2.13. The number of carboxylic acid groups (broad SMARTS) is 1. The average Bonchev–Trinajstić information content (AvgIpc) is 2.22. The highest BCUT2D eigenvalue weighted by Gasteiger charge is 2.07. The molecule has 0 aliphatic rings. The highest BCUT2D eigenvalue weighted by molar-refractivity contribution is 5.89. The molecule has 0 bridgehead atoms. The molecule has 0 radical (unpaired) electrons. The second-order valence-corrected chi connectivity index (χ2v) is 3.59. The van der Waals surface area contributed by atoms with Crippen LogP contribution in [0.3, 0.4) is 0 Å². The fraction of sp³-hybridized carbons (Fsp3) is 0.308. The van der Waals surface area contributed by atoms with Gasteiger partial charge in [0.05, 0.1) is 6.61 Å². The Balaban J connectivity index is 3.03. The van der Waals surface area contributed by atoms with Crippen molar-refractivity contribution in [2.45, 2.75) is 20.8 Å². The van der Waals surface area contributed by atoms with Crippen molar-refractivity contribution in [2.75, 3.05) is 6.61 Å². The van der Waals surface area contributed by atoms with Crippen molar-refractivity contribution in [3.63, 3.8) is 0 Å². The number of carbonyl (C=O) groups is 1. The largest absolute Gasteiger partial charge is 0.487 e. The van der Waals surface area contributed by atoms with E-state index in [1.165, 1.54) is 11.6 Å². The summed E-state index contributed by atoms with van der Waals surface area (Å²) in [4.78, 5) is 10.9. The SMILES string of the molecule is CCOC(=Cc1ccc(C)c(C)c1)C(=O)O. The first-order chi connectivity index (χ1) is 7.54. The number of ether oxygens (including phenoxy) is 1. The summed E-state index contributed by atoms with van der Waals surface area (Å²) in [7, 11) is 0. The minimum atomic E-state index is -1.04. The van der Waals surface area contributed by atoms with E-state index in [0.717, 1.165) is 11.1 Å². The van der Waals surface area contributed by atoms with Crippen LogP contribution in [0.2, 0.25) is 0 Å². The molecule has 0 fully saturated rings. The van der Waals surface area contributed by atoms with Crippen LogP contribution in [-0.2, 0) is 9.53 Å². The molecule has 1 aromatic carbocycles. The Morgan fingerprint density at radius 1 is 1.38 bits per heavy atom. The predicted molar refractivity (Wildman–Crippen MR) is 63.2 cm³/mol. The molecule has 0 saturated carbocycles. The summed E-state index contributed by atoms with van der Waals surface area (Å²) in [6.45, 7) is 6.12. The van der Waals surface area contributed by atoms with Gasteiger partial charge in [0.25, 0.3) is 0 Å². The number of hydrogen-bond acceptors (Lipinski definition) is 2. The summed E-state index contributed by atoms with van der Waals surface area (Å²) in [5.74, 6) is -1.06. The second kappa shape index (κ2) is 5.35. The smallest absolute Gasteiger partial charge is 0.371 e. The van der Waals surface area contributed by atoms with Crippen molar-refractivity contribution in [2.24, 2.45) is 0 Å². The maximum atomic E-state index is 10.9. The van der Waals surface area contributed by atoms with Gasteiger partial charge < -0.3 is 9.84 Å². The highest BCUT2D eigenvalue weighted by atomic mass is 16.5. The maximum absolute atomic E-state index is 10.9. The average molecular weight is 220 g/mol. The number of aryl methyl sites for hydroxylation is 2. The van der Waals surface area contributed by atoms with Crippen molar-refractivity contribution < 1.29 is 14.6 Å². The van der Waals surface area contributed by atoms with E-state index in [1.807, 2.05) is 32.0 Å². The Morgan fingerprint density at radius 3 is 2.56 bits per heavy atom. The van der Waals surface area contributed by atoms with Gasteiger partial charge in [-0.05, 0) is 43.5 Å². The molecule has 0 unspecified atom stereocenters. The van der Waals surface area contributed by atoms with Gasteiger partial charge in [-0.3, -0.25) is 0 Å². The first-order valence-electron chi connectivity index (χ1n) is 5.19.